The highest BCUT2D eigenvalue weighted by Crippen LogP contribution is 2.26. The highest BCUT2D eigenvalue weighted by molar-refractivity contribution is 5.82. The lowest BCUT2D eigenvalue weighted by atomic mass is 10.1. The number of ether oxygens (including phenoxy) is 1. The van der Waals surface area contributed by atoms with Crippen molar-refractivity contribution >= 4 is 11.9 Å². The maximum absolute atomic E-state index is 14.0. The van der Waals surface area contributed by atoms with E-state index in [2.05, 4.69) is 10.1 Å². The third kappa shape index (κ3) is 4.24. The van der Waals surface area contributed by atoms with Gasteiger partial charge in [0.05, 0.1) is 13.7 Å². The molecule has 1 fully saturated rings. The Bertz CT molecular complexity index is 823. The van der Waals surface area contributed by atoms with Crippen LogP contribution in [0.4, 0.5) is 4.39 Å². The molecule has 1 N–H and O–H groups in total. The molecule has 8 nitrogen and oxygen atoms in total. The van der Waals surface area contributed by atoms with Gasteiger partial charge in [0.1, 0.15) is 5.75 Å². The first kappa shape index (κ1) is 18.8. The van der Waals surface area contributed by atoms with E-state index in [9.17, 15) is 14.0 Å². The third-order valence-electron chi connectivity index (χ3n) is 4.55. The van der Waals surface area contributed by atoms with Crippen LogP contribution < -0.4 is 4.74 Å². The van der Waals surface area contributed by atoms with Crippen molar-refractivity contribution in [3.63, 3.8) is 0 Å². The molecule has 2 heterocycles. The number of alkyl halides is 1. The molecule has 0 spiro atoms. The fourth-order valence-electron chi connectivity index (χ4n) is 2.92. The SMILES string of the molecule is COc1ccc(-c2noc(CCCC(=O)N3CCC(F)(C(=O)O)C3)n2)cc1. The van der Waals surface area contributed by atoms with Crippen molar-refractivity contribution in [1.29, 1.82) is 0 Å². The number of methoxy groups -OCH3 is 1. The quantitative estimate of drug-likeness (QED) is 0.787. The first-order valence-corrected chi connectivity index (χ1v) is 8.58. The van der Waals surface area contributed by atoms with Gasteiger partial charge >= 0.3 is 5.97 Å². The van der Waals surface area contributed by atoms with Crippen LogP contribution in [0.2, 0.25) is 0 Å². The fourth-order valence-corrected chi connectivity index (χ4v) is 2.92. The Hall–Kier alpha value is -2.97. The van der Waals surface area contributed by atoms with Crippen molar-refractivity contribution in [2.24, 2.45) is 0 Å². The number of halogens is 1. The molecular weight excluding hydrogens is 357 g/mol. The highest BCUT2D eigenvalue weighted by atomic mass is 19.1. The Balaban J connectivity index is 1.49. The number of hydrogen-bond acceptors (Lipinski definition) is 6. The van der Waals surface area contributed by atoms with Gasteiger partial charge in [0.15, 0.2) is 0 Å². The lowest BCUT2D eigenvalue weighted by Gasteiger charge is -2.17. The fraction of sp³-hybridized carbons (Fsp3) is 0.444. The first-order chi connectivity index (χ1) is 12.9. The topological polar surface area (TPSA) is 106 Å². The van der Waals surface area contributed by atoms with E-state index >= 15 is 0 Å². The number of hydrogen-bond donors (Lipinski definition) is 1. The molecule has 0 saturated carbocycles. The van der Waals surface area contributed by atoms with Crippen molar-refractivity contribution in [3.05, 3.63) is 30.2 Å². The first-order valence-electron chi connectivity index (χ1n) is 8.58. The Kier molecular flexibility index (Phi) is 5.38. The van der Waals surface area contributed by atoms with Gasteiger partial charge in [0, 0.05) is 31.4 Å². The second-order valence-electron chi connectivity index (χ2n) is 6.43. The number of amides is 1. The van der Waals surface area contributed by atoms with Crippen molar-refractivity contribution in [2.45, 2.75) is 31.4 Å². The smallest absolute Gasteiger partial charge is 0.343 e. The molecule has 1 atom stereocenters. The van der Waals surface area contributed by atoms with Crippen LogP contribution in [0, 0.1) is 0 Å². The summed E-state index contributed by atoms with van der Waals surface area (Å²) in [6, 6.07) is 7.22. The van der Waals surface area contributed by atoms with Crippen molar-refractivity contribution < 1.29 is 28.3 Å². The Morgan fingerprint density at radius 1 is 1.37 bits per heavy atom. The van der Waals surface area contributed by atoms with Crippen LogP contribution in [-0.2, 0) is 16.0 Å². The molecule has 3 rings (SSSR count). The molecule has 1 saturated heterocycles. The predicted molar refractivity (Wildman–Crippen MR) is 91.9 cm³/mol. The van der Waals surface area contributed by atoms with Gasteiger partial charge in [-0.1, -0.05) is 5.16 Å². The average molecular weight is 377 g/mol. The second-order valence-corrected chi connectivity index (χ2v) is 6.43. The summed E-state index contributed by atoms with van der Waals surface area (Å²) in [7, 11) is 1.58. The van der Waals surface area contributed by atoms with Crippen LogP contribution in [-0.4, -0.2) is 57.9 Å². The summed E-state index contributed by atoms with van der Waals surface area (Å²) in [5, 5.41) is 12.8. The summed E-state index contributed by atoms with van der Waals surface area (Å²) in [6.45, 7) is -0.285. The molecule has 0 radical (unpaired) electrons. The van der Waals surface area contributed by atoms with E-state index in [1.165, 1.54) is 4.90 Å². The molecule has 144 valence electrons. The van der Waals surface area contributed by atoms with Gasteiger partial charge in [-0.3, -0.25) is 4.79 Å². The minimum absolute atomic E-state index is 0.115. The van der Waals surface area contributed by atoms with Gasteiger partial charge in [0.25, 0.3) is 0 Å². The number of aromatic nitrogens is 2. The lowest BCUT2D eigenvalue weighted by Crippen LogP contribution is -2.38. The van der Waals surface area contributed by atoms with Gasteiger partial charge < -0.3 is 19.3 Å². The number of likely N-dealkylation sites (tertiary alicyclic amines) is 1. The minimum atomic E-state index is -2.34. The van der Waals surface area contributed by atoms with Crippen molar-refractivity contribution in [2.75, 3.05) is 20.2 Å². The molecule has 1 amide bonds. The van der Waals surface area contributed by atoms with E-state index in [4.69, 9.17) is 14.4 Å². The molecule has 1 aliphatic heterocycles. The molecular formula is C18H20FN3O5. The lowest BCUT2D eigenvalue weighted by molar-refractivity contribution is -0.150. The molecule has 9 heteroatoms. The molecule has 1 unspecified atom stereocenters. The average Bonchev–Trinajstić information content (AvgIpc) is 3.30. The van der Waals surface area contributed by atoms with E-state index in [-0.39, 0.29) is 25.3 Å². The predicted octanol–water partition coefficient (Wildman–Crippen LogP) is 2.09. The Morgan fingerprint density at radius 3 is 2.74 bits per heavy atom. The molecule has 1 aromatic carbocycles. The normalized spacial score (nSPS) is 19.3. The van der Waals surface area contributed by atoms with Gasteiger partial charge in [-0.15, -0.1) is 0 Å². The summed E-state index contributed by atoms with van der Waals surface area (Å²) in [6.07, 6.45) is 0.841. The number of carboxylic acid groups (broad SMARTS) is 1. The van der Waals surface area contributed by atoms with E-state index in [0.717, 1.165) is 11.3 Å². The number of carbonyl (C=O) groups excluding carboxylic acids is 1. The van der Waals surface area contributed by atoms with Crippen molar-refractivity contribution in [1.82, 2.24) is 15.0 Å². The van der Waals surface area contributed by atoms with Crippen molar-refractivity contribution in [3.8, 4) is 17.1 Å². The van der Waals surface area contributed by atoms with Crippen LogP contribution in [0.15, 0.2) is 28.8 Å². The van der Waals surface area contributed by atoms with E-state index in [1.54, 1.807) is 19.2 Å². The molecule has 0 aliphatic carbocycles. The molecule has 1 aromatic heterocycles. The molecule has 2 aromatic rings. The van der Waals surface area contributed by atoms with E-state index < -0.39 is 18.2 Å². The molecule has 0 bridgehead atoms. The zero-order chi connectivity index (χ0) is 19.4. The minimum Gasteiger partial charge on any atom is -0.497 e. The monoisotopic (exact) mass is 377 g/mol. The van der Waals surface area contributed by atoms with E-state index in [0.29, 0.717) is 24.6 Å². The number of benzene rings is 1. The molecule has 27 heavy (non-hydrogen) atoms. The highest BCUT2D eigenvalue weighted by Gasteiger charge is 2.46. The maximum atomic E-state index is 14.0. The standard InChI is InChI=1S/C18H20FN3O5/c1-26-13-7-5-12(6-8-13)16-20-14(27-21-16)3-2-4-15(23)22-10-9-18(19,11-22)17(24)25/h5-8H,2-4,9-11H2,1H3,(H,24,25). The number of carbonyl (C=O) groups is 2. The summed E-state index contributed by atoms with van der Waals surface area (Å²) in [5.41, 5.74) is -1.55. The maximum Gasteiger partial charge on any atom is 0.343 e. The number of rotatable bonds is 7. The Labute approximate surface area is 154 Å². The van der Waals surface area contributed by atoms with E-state index in [1.807, 2.05) is 12.1 Å². The van der Waals surface area contributed by atoms with Crippen LogP contribution in [0.3, 0.4) is 0 Å². The zero-order valence-corrected chi connectivity index (χ0v) is 14.9. The number of carboxylic acids is 1. The summed E-state index contributed by atoms with van der Waals surface area (Å²) in [5.74, 6) is -0.217. The third-order valence-corrected chi connectivity index (χ3v) is 4.55. The summed E-state index contributed by atoms with van der Waals surface area (Å²) >= 11 is 0. The second kappa shape index (κ2) is 7.73. The summed E-state index contributed by atoms with van der Waals surface area (Å²) in [4.78, 5) is 28.6. The number of nitrogens with zero attached hydrogens (tertiary/aromatic N) is 3. The van der Waals surface area contributed by atoms with Gasteiger partial charge in [-0.25, -0.2) is 9.18 Å². The van der Waals surface area contributed by atoms with Gasteiger partial charge in [-0.05, 0) is 30.7 Å². The largest absolute Gasteiger partial charge is 0.497 e. The van der Waals surface area contributed by atoms with Crippen LogP contribution in [0.25, 0.3) is 11.4 Å². The van der Waals surface area contributed by atoms with Gasteiger partial charge in [-0.2, -0.15) is 4.98 Å². The van der Waals surface area contributed by atoms with Crippen LogP contribution in [0.1, 0.15) is 25.2 Å². The zero-order valence-electron chi connectivity index (χ0n) is 14.9. The van der Waals surface area contributed by atoms with Crippen LogP contribution >= 0.6 is 0 Å². The van der Waals surface area contributed by atoms with Gasteiger partial charge in [0.2, 0.25) is 23.3 Å². The number of aryl methyl sites for hydroxylation is 1. The summed E-state index contributed by atoms with van der Waals surface area (Å²) < 4.78 is 24.3. The number of aliphatic carboxylic acids is 1. The molecule has 1 aliphatic rings. The van der Waals surface area contributed by atoms with Crippen LogP contribution in [0.5, 0.6) is 5.75 Å². The Morgan fingerprint density at radius 2 is 2.11 bits per heavy atom.